The third-order valence-corrected chi connectivity index (χ3v) is 2.43. The van der Waals surface area contributed by atoms with Crippen LogP contribution in [0.25, 0.3) is 0 Å². The fraction of sp³-hybridized carbons (Fsp3) is 0.800. The van der Waals surface area contributed by atoms with Crippen LogP contribution in [0.2, 0.25) is 0 Å². The van der Waals surface area contributed by atoms with Gasteiger partial charge in [0.2, 0.25) is 0 Å². The number of rotatable bonds is 3. The molecule has 0 aromatic carbocycles. The molecule has 0 radical (unpaired) electrons. The van der Waals surface area contributed by atoms with E-state index in [1.165, 1.54) is 0 Å². The molecule has 1 aliphatic rings. The van der Waals surface area contributed by atoms with Gasteiger partial charge in [0.25, 0.3) is 0 Å². The summed E-state index contributed by atoms with van der Waals surface area (Å²) >= 11 is 0. The molecule has 1 unspecified atom stereocenters. The van der Waals surface area contributed by atoms with Crippen molar-refractivity contribution in [3.05, 3.63) is 0 Å². The molecule has 1 fully saturated rings. The molecule has 0 amide bonds. The highest BCUT2D eigenvalue weighted by Gasteiger charge is 2.25. The topological polar surface area (TPSA) is 35.5 Å². The van der Waals surface area contributed by atoms with Gasteiger partial charge in [-0.1, -0.05) is 5.92 Å². The zero-order valence-corrected chi connectivity index (χ0v) is 8.38. The lowest BCUT2D eigenvalue weighted by atomic mass is 10.1. The van der Waals surface area contributed by atoms with E-state index in [1.54, 1.807) is 6.92 Å². The third-order valence-electron chi connectivity index (χ3n) is 2.43. The molecule has 74 valence electrons. The average molecular weight is 182 g/mol. The number of hydrogen-bond acceptors (Lipinski definition) is 3. The highest BCUT2D eigenvalue weighted by atomic mass is 16.3. The number of nitrogens with one attached hydrogen (secondary N) is 1. The van der Waals surface area contributed by atoms with Gasteiger partial charge in [-0.05, 0) is 32.9 Å². The van der Waals surface area contributed by atoms with Crippen LogP contribution >= 0.6 is 0 Å². The summed E-state index contributed by atoms with van der Waals surface area (Å²) in [4.78, 5) is 2.03. The van der Waals surface area contributed by atoms with Crippen LogP contribution in [0.4, 0.5) is 0 Å². The Morgan fingerprint density at radius 2 is 2.46 bits per heavy atom. The van der Waals surface area contributed by atoms with Gasteiger partial charge in [0, 0.05) is 13.1 Å². The van der Waals surface area contributed by atoms with Crippen molar-refractivity contribution in [2.75, 3.05) is 26.7 Å². The van der Waals surface area contributed by atoms with Gasteiger partial charge in [-0.3, -0.25) is 4.90 Å². The largest absolute Gasteiger partial charge is 0.367 e. The molecule has 0 bridgehead atoms. The fourth-order valence-electron chi connectivity index (χ4n) is 1.76. The Hall–Kier alpha value is -0.560. The Morgan fingerprint density at radius 3 is 3.08 bits per heavy atom. The van der Waals surface area contributed by atoms with Crippen molar-refractivity contribution < 1.29 is 5.11 Å². The van der Waals surface area contributed by atoms with Gasteiger partial charge in [-0.2, -0.15) is 0 Å². The van der Waals surface area contributed by atoms with Crippen LogP contribution in [0.15, 0.2) is 0 Å². The zero-order valence-electron chi connectivity index (χ0n) is 8.38. The van der Waals surface area contributed by atoms with Crippen LogP contribution in [-0.4, -0.2) is 42.9 Å². The molecule has 3 nitrogen and oxygen atoms in total. The summed E-state index contributed by atoms with van der Waals surface area (Å²) in [5.74, 6) is 6.16. The predicted molar refractivity (Wildman–Crippen MR) is 53.1 cm³/mol. The van der Waals surface area contributed by atoms with Crippen molar-refractivity contribution in [3.63, 3.8) is 0 Å². The number of aliphatic hydroxyl groups excluding tert-OH is 1. The molecular weight excluding hydrogens is 164 g/mol. The molecule has 0 aromatic heterocycles. The lowest BCUT2D eigenvalue weighted by Crippen LogP contribution is -2.33. The van der Waals surface area contributed by atoms with Crippen molar-refractivity contribution >= 4 is 0 Å². The van der Waals surface area contributed by atoms with Crippen LogP contribution in [0, 0.1) is 17.8 Å². The van der Waals surface area contributed by atoms with Crippen molar-refractivity contribution in [2.24, 2.45) is 5.92 Å². The minimum absolute atomic E-state index is 0.563. The third kappa shape index (κ3) is 3.00. The van der Waals surface area contributed by atoms with Crippen molar-refractivity contribution in [2.45, 2.75) is 19.6 Å². The van der Waals surface area contributed by atoms with E-state index in [1.807, 2.05) is 11.9 Å². The lowest BCUT2D eigenvalue weighted by Gasteiger charge is -2.18. The number of likely N-dealkylation sites (tertiary alicyclic amines) is 1. The van der Waals surface area contributed by atoms with Crippen LogP contribution in [0.1, 0.15) is 13.3 Å². The van der Waals surface area contributed by atoms with E-state index in [2.05, 4.69) is 17.2 Å². The Morgan fingerprint density at radius 1 is 1.69 bits per heavy atom. The van der Waals surface area contributed by atoms with Gasteiger partial charge < -0.3 is 10.4 Å². The summed E-state index contributed by atoms with van der Waals surface area (Å²) < 4.78 is 0. The van der Waals surface area contributed by atoms with E-state index in [0.29, 0.717) is 5.92 Å². The van der Waals surface area contributed by atoms with E-state index in [0.717, 1.165) is 26.1 Å². The van der Waals surface area contributed by atoms with Gasteiger partial charge in [0.15, 0.2) is 6.23 Å². The molecule has 0 spiro atoms. The number of nitrogens with zero attached hydrogens (tertiary/aromatic N) is 1. The van der Waals surface area contributed by atoms with Gasteiger partial charge >= 0.3 is 0 Å². The number of hydrogen-bond donors (Lipinski definition) is 2. The maximum absolute atomic E-state index is 9.57. The summed E-state index contributed by atoms with van der Waals surface area (Å²) in [5, 5.41) is 12.7. The minimum Gasteiger partial charge on any atom is -0.367 e. The first-order valence-corrected chi connectivity index (χ1v) is 4.77. The normalized spacial score (nSPS) is 25.3. The molecule has 0 saturated carbocycles. The summed E-state index contributed by atoms with van der Waals surface area (Å²) in [7, 11) is 1.96. The molecule has 0 aliphatic carbocycles. The lowest BCUT2D eigenvalue weighted by molar-refractivity contribution is 0.0663. The quantitative estimate of drug-likeness (QED) is 0.597. The zero-order chi connectivity index (χ0) is 9.68. The maximum atomic E-state index is 9.57. The van der Waals surface area contributed by atoms with Gasteiger partial charge in [-0.15, -0.1) is 5.92 Å². The molecule has 2 N–H and O–H groups in total. The van der Waals surface area contributed by atoms with Gasteiger partial charge in [-0.25, -0.2) is 0 Å². The summed E-state index contributed by atoms with van der Waals surface area (Å²) in [6.45, 7) is 4.70. The molecule has 1 aliphatic heterocycles. The van der Waals surface area contributed by atoms with Crippen LogP contribution < -0.4 is 5.32 Å². The second kappa shape index (κ2) is 5.23. The van der Waals surface area contributed by atoms with Crippen molar-refractivity contribution in [3.8, 4) is 11.8 Å². The SMILES string of the molecule is CC#CC(O)N1CC[C@@H](CNC)C1. The summed E-state index contributed by atoms with van der Waals surface area (Å²) in [6.07, 6.45) is 0.593. The summed E-state index contributed by atoms with van der Waals surface area (Å²) in [6, 6.07) is 0. The predicted octanol–water partition coefficient (Wildman–Crippen LogP) is -0.131. The summed E-state index contributed by atoms with van der Waals surface area (Å²) in [5.41, 5.74) is 0. The van der Waals surface area contributed by atoms with E-state index in [9.17, 15) is 5.11 Å². The minimum atomic E-state index is -0.563. The highest BCUT2D eigenvalue weighted by Crippen LogP contribution is 2.16. The first-order chi connectivity index (χ1) is 6.27. The van der Waals surface area contributed by atoms with Gasteiger partial charge in [0.05, 0.1) is 0 Å². The highest BCUT2D eigenvalue weighted by molar-refractivity contribution is 5.02. The van der Waals surface area contributed by atoms with Crippen LogP contribution in [0.3, 0.4) is 0 Å². The Labute approximate surface area is 80.1 Å². The molecule has 1 rings (SSSR count). The monoisotopic (exact) mass is 182 g/mol. The second-order valence-electron chi connectivity index (χ2n) is 3.48. The van der Waals surface area contributed by atoms with E-state index in [4.69, 9.17) is 0 Å². The van der Waals surface area contributed by atoms with E-state index in [-0.39, 0.29) is 0 Å². The molecule has 13 heavy (non-hydrogen) atoms. The Kier molecular flexibility index (Phi) is 4.23. The van der Waals surface area contributed by atoms with Crippen LogP contribution in [0.5, 0.6) is 0 Å². The standard InChI is InChI=1S/C10H18N2O/c1-3-4-10(13)12-6-5-9(8-12)7-11-2/h9-11,13H,5-8H2,1-2H3/t9-,10?/m0/s1. The Balaban J connectivity index is 2.34. The molecule has 0 aromatic rings. The smallest absolute Gasteiger partial charge is 0.170 e. The molecule has 1 heterocycles. The maximum Gasteiger partial charge on any atom is 0.170 e. The van der Waals surface area contributed by atoms with Crippen LogP contribution in [-0.2, 0) is 0 Å². The van der Waals surface area contributed by atoms with Crippen molar-refractivity contribution in [1.82, 2.24) is 10.2 Å². The Bertz CT molecular complexity index is 207. The first-order valence-electron chi connectivity index (χ1n) is 4.77. The van der Waals surface area contributed by atoms with E-state index < -0.39 is 6.23 Å². The second-order valence-corrected chi connectivity index (χ2v) is 3.48. The first kappa shape index (κ1) is 10.5. The molecular formula is C10H18N2O. The molecule has 2 atom stereocenters. The number of aliphatic hydroxyl groups is 1. The van der Waals surface area contributed by atoms with Crippen molar-refractivity contribution in [1.29, 1.82) is 0 Å². The van der Waals surface area contributed by atoms with Gasteiger partial charge in [0.1, 0.15) is 0 Å². The average Bonchev–Trinajstić information content (AvgIpc) is 2.54. The van der Waals surface area contributed by atoms with E-state index >= 15 is 0 Å². The molecule has 1 saturated heterocycles. The fourth-order valence-corrected chi connectivity index (χ4v) is 1.76. The molecule has 3 heteroatoms.